The van der Waals surface area contributed by atoms with Gasteiger partial charge in [-0.2, -0.15) is 0 Å². The highest BCUT2D eigenvalue weighted by atomic mass is 16.5. The molecule has 1 unspecified atom stereocenters. The zero-order chi connectivity index (χ0) is 13.6. The fraction of sp³-hybridized carbons (Fsp3) is 0.667. The van der Waals surface area contributed by atoms with Gasteiger partial charge in [-0.1, -0.05) is 13.0 Å². The van der Waals surface area contributed by atoms with Gasteiger partial charge in [0.15, 0.2) is 0 Å². The van der Waals surface area contributed by atoms with E-state index in [9.17, 15) is 5.11 Å². The third-order valence-electron chi connectivity index (χ3n) is 3.86. The molecule has 1 saturated heterocycles. The molecule has 0 aliphatic carbocycles. The van der Waals surface area contributed by atoms with Crippen LogP contribution in [0.5, 0.6) is 0 Å². The highest BCUT2D eigenvalue weighted by Crippen LogP contribution is 2.29. The van der Waals surface area contributed by atoms with E-state index in [2.05, 4.69) is 16.8 Å². The minimum atomic E-state index is -0.0942. The molecule has 1 aromatic heterocycles. The van der Waals surface area contributed by atoms with Gasteiger partial charge in [-0.05, 0) is 31.5 Å². The molecule has 1 atom stereocenters. The predicted octanol–water partition coefficient (Wildman–Crippen LogP) is 1.69. The first-order chi connectivity index (χ1) is 9.28. The standard InChI is InChI=1S/C15H24N2O2/c1-2-17(10-14-6-3-4-8-16-14)11-15(12-18)7-5-9-19-13-15/h3-4,6,8,18H,2,5,7,9-13H2,1H3. The van der Waals surface area contributed by atoms with Gasteiger partial charge in [0.25, 0.3) is 0 Å². The SMILES string of the molecule is CCN(Cc1ccccn1)CC1(CO)CCCOC1. The molecule has 1 aromatic rings. The molecule has 0 aromatic carbocycles. The summed E-state index contributed by atoms with van der Waals surface area (Å²) in [7, 11) is 0. The minimum absolute atomic E-state index is 0.0942. The lowest BCUT2D eigenvalue weighted by atomic mass is 9.82. The van der Waals surface area contributed by atoms with Gasteiger partial charge in [-0.3, -0.25) is 9.88 Å². The molecule has 0 saturated carbocycles. The van der Waals surface area contributed by atoms with Crippen LogP contribution in [0.3, 0.4) is 0 Å². The first-order valence-electron chi connectivity index (χ1n) is 7.09. The zero-order valence-electron chi connectivity index (χ0n) is 11.7. The number of hydrogen-bond acceptors (Lipinski definition) is 4. The fourth-order valence-corrected chi connectivity index (χ4v) is 2.68. The van der Waals surface area contributed by atoms with Crippen molar-refractivity contribution in [3.8, 4) is 0 Å². The molecule has 1 fully saturated rings. The number of aliphatic hydroxyl groups excluding tert-OH is 1. The molecule has 1 aliphatic heterocycles. The van der Waals surface area contributed by atoms with Gasteiger partial charge >= 0.3 is 0 Å². The lowest BCUT2D eigenvalue weighted by Gasteiger charge is -2.39. The number of ether oxygens (including phenoxy) is 1. The summed E-state index contributed by atoms with van der Waals surface area (Å²) < 4.78 is 5.57. The van der Waals surface area contributed by atoms with Crippen LogP contribution in [0.25, 0.3) is 0 Å². The van der Waals surface area contributed by atoms with E-state index in [-0.39, 0.29) is 12.0 Å². The van der Waals surface area contributed by atoms with Crippen LogP contribution in [-0.4, -0.2) is 47.9 Å². The molecular weight excluding hydrogens is 240 g/mol. The smallest absolute Gasteiger partial charge is 0.0556 e. The quantitative estimate of drug-likeness (QED) is 0.849. The average Bonchev–Trinajstić information content (AvgIpc) is 2.48. The second kappa shape index (κ2) is 6.98. The molecule has 2 heterocycles. The summed E-state index contributed by atoms with van der Waals surface area (Å²) in [6.07, 6.45) is 3.92. The highest BCUT2D eigenvalue weighted by Gasteiger charge is 2.34. The van der Waals surface area contributed by atoms with E-state index in [0.717, 1.165) is 44.8 Å². The van der Waals surface area contributed by atoms with Gasteiger partial charge in [-0.25, -0.2) is 0 Å². The van der Waals surface area contributed by atoms with Crippen molar-refractivity contribution < 1.29 is 9.84 Å². The molecule has 0 amide bonds. The Hall–Kier alpha value is -0.970. The largest absolute Gasteiger partial charge is 0.396 e. The van der Waals surface area contributed by atoms with Gasteiger partial charge in [0.2, 0.25) is 0 Å². The molecule has 4 heteroatoms. The van der Waals surface area contributed by atoms with Gasteiger partial charge in [0.05, 0.1) is 18.9 Å². The van der Waals surface area contributed by atoms with Crippen molar-refractivity contribution in [1.29, 1.82) is 0 Å². The summed E-state index contributed by atoms with van der Waals surface area (Å²) in [4.78, 5) is 6.71. The second-order valence-corrected chi connectivity index (χ2v) is 5.44. The molecule has 0 radical (unpaired) electrons. The lowest BCUT2D eigenvalue weighted by molar-refractivity contribution is -0.0559. The van der Waals surface area contributed by atoms with Crippen LogP contribution in [-0.2, 0) is 11.3 Å². The van der Waals surface area contributed by atoms with E-state index < -0.39 is 0 Å². The van der Waals surface area contributed by atoms with E-state index >= 15 is 0 Å². The topological polar surface area (TPSA) is 45.6 Å². The Morgan fingerprint density at radius 3 is 2.95 bits per heavy atom. The summed E-state index contributed by atoms with van der Waals surface area (Å²) in [5, 5.41) is 9.73. The number of aromatic nitrogens is 1. The number of rotatable bonds is 6. The van der Waals surface area contributed by atoms with Crippen LogP contribution in [0.2, 0.25) is 0 Å². The van der Waals surface area contributed by atoms with Crippen LogP contribution in [0, 0.1) is 5.41 Å². The summed E-state index contributed by atoms with van der Waals surface area (Å²) in [6, 6.07) is 6.00. The molecule has 106 valence electrons. The molecule has 1 aliphatic rings. The maximum absolute atomic E-state index is 9.73. The summed E-state index contributed by atoms with van der Waals surface area (Å²) in [5.41, 5.74) is 0.984. The highest BCUT2D eigenvalue weighted by molar-refractivity contribution is 5.03. The Kier molecular flexibility index (Phi) is 5.31. The number of hydrogen-bond donors (Lipinski definition) is 1. The van der Waals surface area contributed by atoms with Crippen molar-refractivity contribution in [3.63, 3.8) is 0 Å². The van der Waals surface area contributed by atoms with E-state index in [1.165, 1.54) is 0 Å². The average molecular weight is 264 g/mol. The summed E-state index contributed by atoms with van der Waals surface area (Å²) in [5.74, 6) is 0. The predicted molar refractivity (Wildman–Crippen MR) is 74.8 cm³/mol. The Morgan fingerprint density at radius 2 is 2.37 bits per heavy atom. The van der Waals surface area contributed by atoms with Crippen LogP contribution >= 0.6 is 0 Å². The maximum Gasteiger partial charge on any atom is 0.0556 e. The maximum atomic E-state index is 9.73. The Labute approximate surface area is 115 Å². The molecule has 1 N–H and O–H groups in total. The Balaban J connectivity index is 1.97. The van der Waals surface area contributed by atoms with E-state index in [1.54, 1.807) is 0 Å². The molecule has 0 bridgehead atoms. The van der Waals surface area contributed by atoms with Crippen molar-refractivity contribution in [1.82, 2.24) is 9.88 Å². The molecule has 2 rings (SSSR count). The van der Waals surface area contributed by atoms with E-state index in [4.69, 9.17) is 4.74 Å². The van der Waals surface area contributed by atoms with Crippen LogP contribution in [0.1, 0.15) is 25.5 Å². The molecular formula is C15H24N2O2. The van der Waals surface area contributed by atoms with Crippen LogP contribution < -0.4 is 0 Å². The summed E-state index contributed by atoms with van der Waals surface area (Å²) >= 11 is 0. The monoisotopic (exact) mass is 264 g/mol. The number of aliphatic hydroxyl groups is 1. The molecule has 0 spiro atoms. The van der Waals surface area contributed by atoms with Crippen molar-refractivity contribution in [2.45, 2.75) is 26.3 Å². The van der Waals surface area contributed by atoms with Gasteiger partial charge in [-0.15, -0.1) is 0 Å². The first-order valence-corrected chi connectivity index (χ1v) is 7.09. The number of pyridine rings is 1. The third kappa shape index (κ3) is 4.00. The second-order valence-electron chi connectivity index (χ2n) is 5.44. The van der Waals surface area contributed by atoms with E-state index in [1.807, 2.05) is 24.4 Å². The van der Waals surface area contributed by atoms with Gasteiger partial charge in [0.1, 0.15) is 0 Å². The van der Waals surface area contributed by atoms with Gasteiger partial charge in [0, 0.05) is 31.3 Å². The Morgan fingerprint density at radius 1 is 1.47 bits per heavy atom. The number of nitrogens with zero attached hydrogens (tertiary/aromatic N) is 2. The van der Waals surface area contributed by atoms with Gasteiger partial charge < -0.3 is 9.84 Å². The third-order valence-corrected chi connectivity index (χ3v) is 3.86. The van der Waals surface area contributed by atoms with Crippen molar-refractivity contribution in [2.24, 2.45) is 5.41 Å². The van der Waals surface area contributed by atoms with Crippen molar-refractivity contribution in [3.05, 3.63) is 30.1 Å². The van der Waals surface area contributed by atoms with Crippen molar-refractivity contribution in [2.75, 3.05) is 32.9 Å². The Bertz CT molecular complexity index is 364. The normalized spacial score (nSPS) is 23.7. The van der Waals surface area contributed by atoms with Crippen LogP contribution in [0.15, 0.2) is 24.4 Å². The molecule has 4 nitrogen and oxygen atoms in total. The zero-order valence-corrected chi connectivity index (χ0v) is 11.7. The molecule has 19 heavy (non-hydrogen) atoms. The summed E-state index contributed by atoms with van der Waals surface area (Å²) in [6.45, 7) is 6.51. The van der Waals surface area contributed by atoms with Crippen LogP contribution in [0.4, 0.5) is 0 Å². The lowest BCUT2D eigenvalue weighted by Crippen LogP contribution is -2.45. The fourth-order valence-electron chi connectivity index (χ4n) is 2.68. The first kappa shape index (κ1) is 14.4. The van der Waals surface area contributed by atoms with Crippen molar-refractivity contribution >= 4 is 0 Å². The van der Waals surface area contributed by atoms with E-state index in [0.29, 0.717) is 6.61 Å². The minimum Gasteiger partial charge on any atom is -0.396 e.